The predicted octanol–water partition coefficient (Wildman–Crippen LogP) is 2.05. The zero-order valence-electron chi connectivity index (χ0n) is 10.1. The van der Waals surface area contributed by atoms with Crippen LogP contribution in [0.2, 0.25) is 0 Å². The fourth-order valence-electron chi connectivity index (χ4n) is 1.57. The molecule has 1 aromatic carbocycles. The zero-order chi connectivity index (χ0) is 12.0. The minimum atomic E-state index is -0.0839. The lowest BCUT2D eigenvalue weighted by atomic mass is 10.1. The van der Waals surface area contributed by atoms with E-state index in [1.165, 1.54) is 5.56 Å². The van der Waals surface area contributed by atoms with Gasteiger partial charge in [0, 0.05) is 6.54 Å². The molecule has 86 valence electrons. The molecule has 0 fully saturated rings. The molecule has 1 atom stereocenters. The summed E-state index contributed by atoms with van der Waals surface area (Å²) in [6.07, 6.45) is 0.927. The summed E-state index contributed by atoms with van der Waals surface area (Å²) in [4.78, 5) is 0. The molecule has 0 saturated carbocycles. The van der Waals surface area contributed by atoms with E-state index in [0.29, 0.717) is 0 Å². The molecule has 0 aliphatic heterocycles. The number of hydrogen-bond donors (Lipinski definition) is 1. The highest BCUT2D eigenvalue weighted by Crippen LogP contribution is 2.18. The lowest BCUT2D eigenvalue weighted by Gasteiger charge is -2.09. The highest BCUT2D eigenvalue weighted by Gasteiger charge is 2.01. The van der Waals surface area contributed by atoms with Gasteiger partial charge in [-0.2, -0.15) is 5.26 Å². The van der Waals surface area contributed by atoms with Crippen molar-refractivity contribution in [2.24, 2.45) is 0 Å². The summed E-state index contributed by atoms with van der Waals surface area (Å²) >= 11 is 0. The van der Waals surface area contributed by atoms with Crippen LogP contribution in [0.3, 0.4) is 0 Å². The van der Waals surface area contributed by atoms with Gasteiger partial charge in [-0.25, -0.2) is 0 Å². The van der Waals surface area contributed by atoms with E-state index in [9.17, 15) is 0 Å². The highest BCUT2D eigenvalue weighted by atomic mass is 16.5. The van der Waals surface area contributed by atoms with E-state index in [-0.39, 0.29) is 6.04 Å². The Morgan fingerprint density at radius 2 is 2.25 bits per heavy atom. The van der Waals surface area contributed by atoms with Gasteiger partial charge in [0.15, 0.2) is 0 Å². The topological polar surface area (TPSA) is 45.0 Å². The number of hydrogen-bond acceptors (Lipinski definition) is 3. The Labute approximate surface area is 97.0 Å². The predicted molar refractivity (Wildman–Crippen MR) is 64.5 cm³/mol. The van der Waals surface area contributed by atoms with Crippen LogP contribution in [0.25, 0.3) is 0 Å². The second-order valence-corrected chi connectivity index (χ2v) is 3.86. The molecule has 0 aromatic heterocycles. The lowest BCUT2D eigenvalue weighted by Crippen LogP contribution is -2.26. The minimum absolute atomic E-state index is 0.0839. The Hall–Kier alpha value is -1.53. The number of nitriles is 1. The molecule has 16 heavy (non-hydrogen) atoms. The van der Waals surface area contributed by atoms with Crippen molar-refractivity contribution in [2.75, 3.05) is 13.7 Å². The van der Waals surface area contributed by atoms with Gasteiger partial charge in [0.05, 0.1) is 19.2 Å². The molecule has 0 saturated heterocycles. The maximum absolute atomic E-state index is 8.62. The van der Waals surface area contributed by atoms with Crippen LogP contribution in [0, 0.1) is 18.3 Å². The van der Waals surface area contributed by atoms with Crippen molar-refractivity contribution in [1.82, 2.24) is 5.32 Å². The molecule has 0 heterocycles. The molecule has 3 nitrogen and oxygen atoms in total. The van der Waals surface area contributed by atoms with E-state index >= 15 is 0 Å². The van der Waals surface area contributed by atoms with E-state index in [0.717, 1.165) is 24.3 Å². The summed E-state index contributed by atoms with van der Waals surface area (Å²) in [5.74, 6) is 0.919. The molecule has 1 unspecified atom stereocenters. The number of ether oxygens (including phenoxy) is 1. The van der Waals surface area contributed by atoms with Gasteiger partial charge in [-0.15, -0.1) is 0 Å². The maximum Gasteiger partial charge on any atom is 0.121 e. The van der Waals surface area contributed by atoms with Gasteiger partial charge < -0.3 is 10.1 Å². The summed E-state index contributed by atoms with van der Waals surface area (Å²) in [7, 11) is 1.68. The van der Waals surface area contributed by atoms with E-state index in [1.54, 1.807) is 7.11 Å². The number of aryl methyl sites for hydroxylation is 1. The third kappa shape index (κ3) is 3.56. The van der Waals surface area contributed by atoms with Crippen LogP contribution >= 0.6 is 0 Å². The smallest absolute Gasteiger partial charge is 0.121 e. The first-order valence-corrected chi connectivity index (χ1v) is 5.44. The third-order valence-electron chi connectivity index (χ3n) is 2.52. The van der Waals surface area contributed by atoms with E-state index < -0.39 is 0 Å². The Morgan fingerprint density at radius 3 is 2.81 bits per heavy atom. The number of nitrogens with zero attached hydrogens (tertiary/aromatic N) is 1. The van der Waals surface area contributed by atoms with Crippen molar-refractivity contribution in [2.45, 2.75) is 26.3 Å². The second kappa shape index (κ2) is 6.14. The number of nitrogens with one attached hydrogen (secondary N) is 1. The molecule has 0 aliphatic rings. The summed E-state index contributed by atoms with van der Waals surface area (Å²) in [5, 5.41) is 11.8. The molecule has 0 radical (unpaired) electrons. The number of benzene rings is 1. The molecule has 1 N–H and O–H groups in total. The van der Waals surface area contributed by atoms with Gasteiger partial charge in [0.25, 0.3) is 0 Å². The van der Waals surface area contributed by atoms with Crippen LogP contribution < -0.4 is 10.1 Å². The van der Waals surface area contributed by atoms with Crippen molar-refractivity contribution in [1.29, 1.82) is 5.26 Å². The Kier molecular flexibility index (Phi) is 4.81. The molecule has 0 aliphatic carbocycles. The fraction of sp³-hybridized carbons (Fsp3) is 0.462. The molecule has 1 aromatic rings. The summed E-state index contributed by atoms with van der Waals surface area (Å²) in [6.45, 7) is 4.72. The SMILES string of the molecule is COc1ccc(CCNC(C)C#N)cc1C. The standard InChI is InChI=1S/C13H18N2O/c1-10-8-12(4-5-13(10)16-3)6-7-15-11(2)9-14/h4-5,8,11,15H,6-7H2,1-3H3. The summed E-state index contributed by atoms with van der Waals surface area (Å²) < 4.78 is 5.20. The Morgan fingerprint density at radius 1 is 1.50 bits per heavy atom. The molecule has 0 amide bonds. The minimum Gasteiger partial charge on any atom is -0.496 e. The number of methoxy groups -OCH3 is 1. The summed E-state index contributed by atoms with van der Waals surface area (Å²) in [5.41, 5.74) is 2.41. The van der Waals surface area contributed by atoms with Crippen LogP contribution in [0.15, 0.2) is 18.2 Å². The number of rotatable bonds is 5. The first-order chi connectivity index (χ1) is 7.67. The van der Waals surface area contributed by atoms with Crippen LogP contribution in [-0.4, -0.2) is 19.7 Å². The third-order valence-corrected chi connectivity index (χ3v) is 2.52. The second-order valence-electron chi connectivity index (χ2n) is 3.86. The van der Waals surface area contributed by atoms with Crippen molar-refractivity contribution < 1.29 is 4.74 Å². The summed E-state index contributed by atoms with van der Waals surface area (Å²) in [6, 6.07) is 8.23. The normalized spacial score (nSPS) is 11.9. The van der Waals surface area contributed by atoms with Gasteiger partial charge in [0.2, 0.25) is 0 Å². The van der Waals surface area contributed by atoms with Gasteiger partial charge in [0.1, 0.15) is 5.75 Å². The van der Waals surface area contributed by atoms with Crippen LogP contribution in [0.4, 0.5) is 0 Å². The van der Waals surface area contributed by atoms with Gasteiger partial charge in [-0.1, -0.05) is 12.1 Å². The molecule has 1 rings (SSSR count). The Balaban J connectivity index is 2.50. The van der Waals surface area contributed by atoms with E-state index in [4.69, 9.17) is 10.00 Å². The molecular formula is C13H18N2O. The Bertz CT molecular complexity index is 382. The van der Waals surface area contributed by atoms with Crippen molar-refractivity contribution in [3.05, 3.63) is 29.3 Å². The van der Waals surface area contributed by atoms with Crippen molar-refractivity contribution in [3.8, 4) is 11.8 Å². The van der Waals surface area contributed by atoms with Crippen molar-refractivity contribution in [3.63, 3.8) is 0 Å². The molecular weight excluding hydrogens is 200 g/mol. The maximum atomic E-state index is 8.62. The van der Waals surface area contributed by atoms with Gasteiger partial charge in [-0.05, 0) is 37.5 Å². The van der Waals surface area contributed by atoms with Crippen LogP contribution in [0.5, 0.6) is 5.75 Å². The largest absolute Gasteiger partial charge is 0.496 e. The first-order valence-electron chi connectivity index (χ1n) is 5.44. The van der Waals surface area contributed by atoms with E-state index in [1.807, 2.05) is 19.9 Å². The average Bonchev–Trinajstić information content (AvgIpc) is 2.29. The van der Waals surface area contributed by atoms with Crippen LogP contribution in [-0.2, 0) is 6.42 Å². The molecule has 3 heteroatoms. The lowest BCUT2D eigenvalue weighted by molar-refractivity contribution is 0.411. The van der Waals surface area contributed by atoms with Crippen molar-refractivity contribution >= 4 is 0 Å². The average molecular weight is 218 g/mol. The van der Waals surface area contributed by atoms with Gasteiger partial charge >= 0.3 is 0 Å². The molecule has 0 bridgehead atoms. The zero-order valence-corrected chi connectivity index (χ0v) is 10.1. The van der Waals surface area contributed by atoms with Gasteiger partial charge in [-0.3, -0.25) is 0 Å². The highest BCUT2D eigenvalue weighted by molar-refractivity contribution is 5.36. The first kappa shape index (κ1) is 12.5. The monoisotopic (exact) mass is 218 g/mol. The quantitative estimate of drug-likeness (QED) is 0.822. The molecule has 0 spiro atoms. The fourth-order valence-corrected chi connectivity index (χ4v) is 1.57. The van der Waals surface area contributed by atoms with Crippen LogP contribution in [0.1, 0.15) is 18.1 Å². The van der Waals surface area contributed by atoms with E-state index in [2.05, 4.69) is 23.5 Å².